The van der Waals surface area contributed by atoms with Crippen LogP contribution in [0.25, 0.3) is 6.08 Å². The van der Waals surface area contributed by atoms with Gasteiger partial charge in [-0.2, -0.15) is 8.42 Å². The number of amides is 1. The average molecular weight is 468 g/mol. The fourth-order valence-electron chi connectivity index (χ4n) is 3.16. The molecule has 3 rings (SSSR count). The van der Waals surface area contributed by atoms with E-state index in [1.165, 1.54) is 12.1 Å². The Bertz CT molecular complexity index is 1190. The van der Waals surface area contributed by atoms with Gasteiger partial charge in [-0.15, -0.1) is 0 Å². The van der Waals surface area contributed by atoms with Crippen molar-refractivity contribution >= 4 is 22.1 Å². The lowest BCUT2D eigenvalue weighted by molar-refractivity contribution is -0.127. The predicted octanol–water partition coefficient (Wildman–Crippen LogP) is 5.29. The van der Waals surface area contributed by atoms with Crippen LogP contribution in [0.5, 0.6) is 5.75 Å². The number of halogens is 1. The van der Waals surface area contributed by atoms with Gasteiger partial charge in [0.15, 0.2) is 0 Å². The smallest absolute Gasteiger partial charge is 0.339 e. The van der Waals surface area contributed by atoms with E-state index in [4.69, 9.17) is 4.18 Å². The highest BCUT2D eigenvalue weighted by Crippen LogP contribution is 2.20. The Morgan fingerprint density at radius 1 is 0.970 bits per heavy atom. The summed E-state index contributed by atoms with van der Waals surface area (Å²) in [5.74, 6) is -0.222. The van der Waals surface area contributed by atoms with Crippen LogP contribution in [0.15, 0.2) is 89.8 Å². The first kappa shape index (κ1) is 24.2. The Hall–Kier alpha value is -3.45. The number of carbonyl (C=O) groups is 1. The van der Waals surface area contributed by atoms with E-state index in [2.05, 4.69) is 0 Å². The summed E-state index contributed by atoms with van der Waals surface area (Å²) in [6, 6.07) is 20.5. The molecule has 0 aromatic heterocycles. The lowest BCUT2D eigenvalue weighted by Gasteiger charge is -2.23. The number of benzene rings is 3. The van der Waals surface area contributed by atoms with Gasteiger partial charge >= 0.3 is 10.1 Å². The topological polar surface area (TPSA) is 63.7 Å². The minimum atomic E-state index is -4.07. The maximum Gasteiger partial charge on any atom is 0.339 e. The van der Waals surface area contributed by atoms with Crippen molar-refractivity contribution in [3.63, 3.8) is 0 Å². The maximum absolute atomic E-state index is 13.1. The molecule has 7 heteroatoms. The normalized spacial score (nSPS) is 11.6. The first-order valence-electron chi connectivity index (χ1n) is 10.5. The van der Waals surface area contributed by atoms with Crippen LogP contribution < -0.4 is 4.18 Å². The predicted molar refractivity (Wildman–Crippen MR) is 126 cm³/mol. The fourth-order valence-corrected chi connectivity index (χ4v) is 4.09. The van der Waals surface area contributed by atoms with Crippen LogP contribution in [-0.4, -0.2) is 25.8 Å². The molecule has 0 radical (unpaired) electrons. The van der Waals surface area contributed by atoms with Crippen molar-refractivity contribution in [1.29, 1.82) is 0 Å². The molecule has 1 amide bonds. The van der Waals surface area contributed by atoms with Gasteiger partial charge in [0.2, 0.25) is 5.91 Å². The molecular weight excluding hydrogens is 441 g/mol. The maximum atomic E-state index is 13.1. The zero-order valence-electron chi connectivity index (χ0n) is 18.5. The van der Waals surface area contributed by atoms with E-state index in [0.717, 1.165) is 35.4 Å². The molecule has 0 heterocycles. The molecule has 0 bridgehead atoms. The molecule has 172 valence electrons. The van der Waals surface area contributed by atoms with Crippen molar-refractivity contribution in [1.82, 2.24) is 4.90 Å². The third-order valence-corrected chi connectivity index (χ3v) is 5.98. The molecule has 0 aliphatic rings. The molecule has 0 aliphatic heterocycles. The molecule has 0 aliphatic carbocycles. The van der Waals surface area contributed by atoms with Gasteiger partial charge in [-0.1, -0.05) is 56.3 Å². The van der Waals surface area contributed by atoms with E-state index < -0.39 is 15.9 Å². The van der Waals surface area contributed by atoms with Gasteiger partial charge in [-0.25, -0.2) is 4.39 Å². The Kier molecular flexibility index (Phi) is 8.01. The van der Waals surface area contributed by atoms with E-state index >= 15 is 0 Å². The summed E-state index contributed by atoms with van der Waals surface area (Å²) in [5.41, 5.74) is 1.78. The second kappa shape index (κ2) is 10.9. The van der Waals surface area contributed by atoms with Crippen molar-refractivity contribution < 1.29 is 21.8 Å². The van der Waals surface area contributed by atoms with Crippen molar-refractivity contribution in [2.75, 3.05) is 6.54 Å². The average Bonchev–Trinajstić information content (AvgIpc) is 2.79. The first-order valence-corrected chi connectivity index (χ1v) is 11.9. The highest BCUT2D eigenvalue weighted by Gasteiger charge is 2.17. The summed E-state index contributed by atoms with van der Waals surface area (Å²) in [7, 11) is -4.07. The van der Waals surface area contributed by atoms with Gasteiger partial charge in [-0.3, -0.25) is 4.79 Å². The highest BCUT2D eigenvalue weighted by atomic mass is 32.2. The number of hydrogen-bond donors (Lipinski definition) is 0. The number of rotatable bonds is 9. The van der Waals surface area contributed by atoms with Gasteiger partial charge in [0.1, 0.15) is 16.5 Å². The van der Waals surface area contributed by atoms with E-state index in [1.54, 1.807) is 29.2 Å². The van der Waals surface area contributed by atoms with E-state index in [9.17, 15) is 17.6 Å². The van der Waals surface area contributed by atoms with Gasteiger partial charge in [0.05, 0.1) is 0 Å². The third-order valence-electron chi connectivity index (χ3n) is 4.72. The summed E-state index contributed by atoms with van der Waals surface area (Å²) in [6.07, 6.45) is 3.34. The van der Waals surface area contributed by atoms with E-state index in [-0.39, 0.29) is 22.5 Å². The van der Waals surface area contributed by atoms with Gasteiger partial charge in [0, 0.05) is 19.2 Å². The van der Waals surface area contributed by atoms with Crippen LogP contribution in [0.4, 0.5) is 4.39 Å². The van der Waals surface area contributed by atoms with Crippen molar-refractivity contribution in [2.24, 2.45) is 5.92 Å². The van der Waals surface area contributed by atoms with Crippen LogP contribution in [0.3, 0.4) is 0 Å². The molecule has 5 nitrogen and oxygen atoms in total. The molecule has 33 heavy (non-hydrogen) atoms. The highest BCUT2D eigenvalue weighted by molar-refractivity contribution is 7.87. The first-order chi connectivity index (χ1) is 15.7. The summed E-state index contributed by atoms with van der Waals surface area (Å²) in [6.45, 7) is 5.03. The molecule has 0 unspecified atom stereocenters. The number of hydrogen-bond acceptors (Lipinski definition) is 4. The van der Waals surface area contributed by atoms with Crippen LogP contribution in [0.1, 0.15) is 25.0 Å². The minimum Gasteiger partial charge on any atom is -0.379 e. The number of carbonyl (C=O) groups excluding carboxylic acids is 1. The van der Waals surface area contributed by atoms with Crippen molar-refractivity contribution in [3.05, 3.63) is 102 Å². The molecule has 0 saturated carbocycles. The molecule has 3 aromatic rings. The summed E-state index contributed by atoms with van der Waals surface area (Å²) < 4.78 is 42.9. The molecule has 0 atom stereocenters. The summed E-state index contributed by atoms with van der Waals surface area (Å²) >= 11 is 0. The molecule has 0 saturated heterocycles. The summed E-state index contributed by atoms with van der Waals surface area (Å²) in [5, 5.41) is 0. The van der Waals surface area contributed by atoms with Crippen LogP contribution in [0.2, 0.25) is 0 Å². The van der Waals surface area contributed by atoms with E-state index in [1.807, 2.05) is 44.2 Å². The SMILES string of the molecule is CC(C)CN(Cc1ccc(OS(=O)(=O)c2ccc(F)cc2)cc1)C(=O)C=Cc1ccccc1. The van der Waals surface area contributed by atoms with Gasteiger partial charge in [0.25, 0.3) is 0 Å². The van der Waals surface area contributed by atoms with Crippen molar-refractivity contribution in [3.8, 4) is 5.75 Å². The lowest BCUT2D eigenvalue weighted by Crippen LogP contribution is -2.32. The largest absolute Gasteiger partial charge is 0.379 e. The van der Waals surface area contributed by atoms with Crippen LogP contribution in [-0.2, 0) is 21.5 Å². The standard InChI is InChI=1S/C26H26FNO4S/c1-20(2)18-28(26(29)17-10-21-6-4-3-5-7-21)19-22-8-13-24(14-9-22)32-33(30,31)25-15-11-23(27)12-16-25/h3-17,20H,18-19H2,1-2H3. The lowest BCUT2D eigenvalue weighted by atomic mass is 10.1. The summed E-state index contributed by atoms with van der Waals surface area (Å²) in [4.78, 5) is 14.4. The molecule has 3 aromatic carbocycles. The number of nitrogens with zero attached hydrogens (tertiary/aromatic N) is 1. The monoisotopic (exact) mass is 467 g/mol. The fraction of sp³-hybridized carbons (Fsp3) is 0.192. The van der Waals surface area contributed by atoms with Crippen LogP contribution in [0, 0.1) is 11.7 Å². The molecule has 0 N–H and O–H groups in total. The third kappa shape index (κ3) is 7.29. The van der Waals surface area contributed by atoms with Crippen molar-refractivity contribution in [2.45, 2.75) is 25.3 Å². The molecular formula is C26H26FNO4S. The zero-order valence-corrected chi connectivity index (χ0v) is 19.3. The van der Waals surface area contributed by atoms with Gasteiger partial charge < -0.3 is 9.08 Å². The zero-order chi connectivity index (χ0) is 23.8. The quantitative estimate of drug-likeness (QED) is 0.317. The van der Waals surface area contributed by atoms with Crippen LogP contribution >= 0.6 is 0 Å². The second-order valence-electron chi connectivity index (χ2n) is 7.99. The Labute approximate surface area is 194 Å². The Morgan fingerprint density at radius 2 is 1.61 bits per heavy atom. The Morgan fingerprint density at radius 3 is 2.21 bits per heavy atom. The van der Waals surface area contributed by atoms with Gasteiger partial charge in [-0.05, 0) is 59.5 Å². The Balaban J connectivity index is 1.69. The minimum absolute atomic E-state index is 0.105. The second-order valence-corrected chi connectivity index (χ2v) is 9.54. The molecule has 0 fully saturated rings. The molecule has 0 spiro atoms. The van der Waals surface area contributed by atoms with E-state index in [0.29, 0.717) is 13.1 Å².